The van der Waals surface area contributed by atoms with Gasteiger partial charge < -0.3 is 5.32 Å². The lowest BCUT2D eigenvalue weighted by Crippen LogP contribution is -2.03. The molecule has 0 fully saturated rings. The minimum atomic E-state index is -1.55. The van der Waals surface area contributed by atoms with Crippen LogP contribution in [0.15, 0.2) is 12.7 Å². The van der Waals surface area contributed by atoms with Crippen LogP contribution in [0.4, 0.5) is 5.13 Å². The van der Waals surface area contributed by atoms with E-state index in [1.165, 1.54) is 0 Å². The molecule has 1 N–H and O–H groups in total. The number of rotatable bonds is 3. The van der Waals surface area contributed by atoms with Crippen LogP contribution >= 0.6 is 46.3 Å². The first-order valence-corrected chi connectivity index (χ1v) is 5.20. The molecule has 13 heavy (non-hydrogen) atoms. The molecule has 0 aliphatic rings. The monoisotopic (exact) mass is 257 g/mol. The Labute approximate surface area is 94.9 Å². The lowest BCUT2D eigenvalue weighted by molar-refractivity contribution is 1.04. The van der Waals surface area contributed by atoms with Crippen molar-refractivity contribution in [2.24, 2.45) is 0 Å². The lowest BCUT2D eigenvalue weighted by atomic mass is 10.6. The molecule has 0 spiro atoms. The van der Waals surface area contributed by atoms with Crippen LogP contribution in [0, 0.1) is 0 Å². The number of nitrogens with zero attached hydrogens (tertiary/aromatic N) is 2. The van der Waals surface area contributed by atoms with Crippen molar-refractivity contribution in [1.29, 1.82) is 0 Å². The topological polar surface area (TPSA) is 37.8 Å². The van der Waals surface area contributed by atoms with Crippen molar-refractivity contribution in [1.82, 2.24) is 9.36 Å². The van der Waals surface area contributed by atoms with Gasteiger partial charge in [-0.15, -0.1) is 6.58 Å². The highest BCUT2D eigenvalue weighted by Crippen LogP contribution is 2.37. The van der Waals surface area contributed by atoms with E-state index in [0.717, 1.165) is 11.5 Å². The van der Waals surface area contributed by atoms with Crippen LogP contribution in [0.1, 0.15) is 5.82 Å². The second-order valence-electron chi connectivity index (χ2n) is 2.09. The zero-order valence-corrected chi connectivity index (χ0v) is 9.51. The van der Waals surface area contributed by atoms with E-state index < -0.39 is 3.79 Å². The maximum absolute atomic E-state index is 5.57. The van der Waals surface area contributed by atoms with Gasteiger partial charge in [0, 0.05) is 18.1 Å². The molecular formula is C6H6Cl3N3S. The minimum Gasteiger partial charge on any atom is -0.357 e. The Kier molecular flexibility index (Phi) is 3.79. The Morgan fingerprint density at radius 3 is 2.69 bits per heavy atom. The predicted octanol–water partition coefficient (Wildman–Crippen LogP) is 2.96. The number of aromatic nitrogens is 2. The quantitative estimate of drug-likeness (QED) is 0.669. The van der Waals surface area contributed by atoms with E-state index in [1.54, 1.807) is 6.08 Å². The number of hydrogen-bond donors (Lipinski definition) is 1. The summed E-state index contributed by atoms with van der Waals surface area (Å²) in [6, 6.07) is 0. The fourth-order valence-electron chi connectivity index (χ4n) is 0.570. The fourth-order valence-corrected chi connectivity index (χ4v) is 1.60. The summed E-state index contributed by atoms with van der Waals surface area (Å²) in [6.45, 7) is 4.15. The van der Waals surface area contributed by atoms with E-state index >= 15 is 0 Å². The highest BCUT2D eigenvalue weighted by atomic mass is 35.6. The first-order valence-electron chi connectivity index (χ1n) is 3.29. The maximum atomic E-state index is 5.57. The molecule has 1 aromatic heterocycles. The second-order valence-corrected chi connectivity index (χ2v) is 5.12. The number of anilines is 1. The van der Waals surface area contributed by atoms with E-state index in [-0.39, 0.29) is 5.82 Å². The summed E-state index contributed by atoms with van der Waals surface area (Å²) in [6.07, 6.45) is 1.70. The van der Waals surface area contributed by atoms with Crippen molar-refractivity contribution in [2.75, 3.05) is 11.9 Å². The van der Waals surface area contributed by atoms with Gasteiger partial charge >= 0.3 is 0 Å². The average Bonchev–Trinajstić information content (AvgIpc) is 2.47. The third kappa shape index (κ3) is 3.31. The van der Waals surface area contributed by atoms with Crippen molar-refractivity contribution in [3.05, 3.63) is 18.5 Å². The molecule has 0 saturated heterocycles. The molecule has 0 unspecified atom stereocenters. The van der Waals surface area contributed by atoms with Gasteiger partial charge in [0.05, 0.1) is 0 Å². The van der Waals surface area contributed by atoms with Crippen LogP contribution in [-0.4, -0.2) is 15.9 Å². The molecular weight excluding hydrogens is 253 g/mol. The summed E-state index contributed by atoms with van der Waals surface area (Å²) in [5.74, 6) is 0.189. The minimum absolute atomic E-state index is 0.189. The number of nitrogens with one attached hydrogen (secondary N) is 1. The zero-order valence-electron chi connectivity index (χ0n) is 6.43. The van der Waals surface area contributed by atoms with Gasteiger partial charge in [-0.3, -0.25) is 0 Å². The molecule has 0 aliphatic heterocycles. The van der Waals surface area contributed by atoms with Crippen molar-refractivity contribution >= 4 is 51.5 Å². The van der Waals surface area contributed by atoms with Crippen molar-refractivity contribution < 1.29 is 0 Å². The number of halogens is 3. The van der Waals surface area contributed by atoms with Gasteiger partial charge in [0.2, 0.25) is 5.13 Å². The standard InChI is InChI=1S/C6H6Cl3N3S/c1-2-3-10-5-11-4(12-13-5)6(7,8)9/h2H,1,3H2,(H,10,11,12). The number of hydrogen-bond acceptors (Lipinski definition) is 4. The Hall–Kier alpha value is -0.0300. The molecule has 1 aromatic rings. The third-order valence-corrected chi connectivity index (χ3v) is 2.26. The van der Waals surface area contributed by atoms with E-state index in [4.69, 9.17) is 34.8 Å². The summed E-state index contributed by atoms with van der Waals surface area (Å²) in [5.41, 5.74) is 0. The van der Waals surface area contributed by atoms with Gasteiger partial charge in [0.15, 0.2) is 5.82 Å². The van der Waals surface area contributed by atoms with Crippen molar-refractivity contribution in [3.8, 4) is 0 Å². The Balaban J connectivity index is 2.69. The molecule has 0 aromatic carbocycles. The summed E-state index contributed by atoms with van der Waals surface area (Å²) < 4.78 is 2.33. The van der Waals surface area contributed by atoms with Gasteiger partial charge in [-0.2, -0.15) is 9.36 Å². The molecule has 0 saturated carbocycles. The summed E-state index contributed by atoms with van der Waals surface area (Å²) in [5, 5.41) is 3.55. The van der Waals surface area contributed by atoms with Gasteiger partial charge in [0.1, 0.15) is 0 Å². The molecule has 7 heteroatoms. The molecule has 1 heterocycles. The SMILES string of the molecule is C=CCNc1nc(C(Cl)(Cl)Cl)ns1. The van der Waals surface area contributed by atoms with Crippen LogP contribution in [-0.2, 0) is 3.79 Å². The number of alkyl halides is 3. The van der Waals surface area contributed by atoms with Crippen LogP contribution < -0.4 is 5.32 Å². The Bertz CT molecular complexity index is 294. The second kappa shape index (κ2) is 4.46. The first kappa shape index (κ1) is 11.0. The van der Waals surface area contributed by atoms with Crippen molar-refractivity contribution in [2.45, 2.75) is 3.79 Å². The summed E-state index contributed by atoms with van der Waals surface area (Å²) in [4.78, 5) is 3.97. The first-order chi connectivity index (χ1) is 6.04. The van der Waals surface area contributed by atoms with Crippen LogP contribution in [0.3, 0.4) is 0 Å². The average molecular weight is 259 g/mol. The molecule has 3 nitrogen and oxygen atoms in total. The Morgan fingerprint density at radius 1 is 1.54 bits per heavy atom. The maximum Gasteiger partial charge on any atom is 0.251 e. The van der Waals surface area contributed by atoms with Crippen LogP contribution in [0.25, 0.3) is 0 Å². The lowest BCUT2D eigenvalue weighted by Gasteiger charge is -2.03. The van der Waals surface area contributed by atoms with E-state index in [0.29, 0.717) is 11.7 Å². The molecule has 0 amide bonds. The largest absolute Gasteiger partial charge is 0.357 e. The highest BCUT2D eigenvalue weighted by Gasteiger charge is 2.28. The van der Waals surface area contributed by atoms with Gasteiger partial charge in [-0.05, 0) is 0 Å². The highest BCUT2D eigenvalue weighted by molar-refractivity contribution is 7.09. The van der Waals surface area contributed by atoms with Crippen LogP contribution in [0.2, 0.25) is 0 Å². The zero-order chi connectivity index (χ0) is 9.90. The normalized spacial score (nSPS) is 11.3. The van der Waals surface area contributed by atoms with Gasteiger partial charge in [0.25, 0.3) is 3.79 Å². The van der Waals surface area contributed by atoms with Gasteiger partial charge in [-0.25, -0.2) is 0 Å². The molecule has 1 rings (SSSR count). The summed E-state index contributed by atoms with van der Waals surface area (Å²) >= 11 is 17.9. The van der Waals surface area contributed by atoms with Crippen LogP contribution in [0.5, 0.6) is 0 Å². The van der Waals surface area contributed by atoms with Gasteiger partial charge in [-0.1, -0.05) is 40.9 Å². The fraction of sp³-hybridized carbons (Fsp3) is 0.333. The summed E-state index contributed by atoms with van der Waals surface area (Å²) in [7, 11) is 0. The predicted molar refractivity (Wildman–Crippen MR) is 57.8 cm³/mol. The van der Waals surface area contributed by atoms with E-state index in [2.05, 4.69) is 21.3 Å². The molecule has 0 bridgehead atoms. The van der Waals surface area contributed by atoms with Crippen molar-refractivity contribution in [3.63, 3.8) is 0 Å². The molecule has 72 valence electrons. The molecule has 0 radical (unpaired) electrons. The van der Waals surface area contributed by atoms with E-state index in [1.807, 2.05) is 0 Å². The molecule has 0 atom stereocenters. The third-order valence-electron chi connectivity index (χ3n) is 1.08. The van der Waals surface area contributed by atoms with E-state index in [9.17, 15) is 0 Å². The Morgan fingerprint density at radius 2 is 2.23 bits per heavy atom. The smallest absolute Gasteiger partial charge is 0.251 e. The molecule has 0 aliphatic carbocycles.